The second-order valence-electron chi connectivity index (χ2n) is 11.4. The van der Waals surface area contributed by atoms with Crippen molar-refractivity contribution < 1.29 is 28.7 Å². The molecule has 0 radical (unpaired) electrons. The van der Waals surface area contributed by atoms with E-state index in [9.17, 15) is 19.2 Å². The van der Waals surface area contributed by atoms with Gasteiger partial charge in [-0.15, -0.1) is 0 Å². The van der Waals surface area contributed by atoms with Gasteiger partial charge in [-0.3, -0.25) is 19.2 Å². The fraction of sp³-hybridized carbons (Fsp3) is 0.263. The standard InChI is InChI=1S/C38H40N4O6/c1-3-47-29-21-17-27(18-22-29)39-37(45)31-9-5-7-11-33(31)41-35(43)25-13-15-26(16-14-25)36(44)42-34-12-8-6-10-32(34)38(46)40-28-19-23-30(24-20-28)48-4-2/h5-12,17-26H,3-4,13-16H2,1-2H3,(H,39,45)(H,40,46)(H,41,43)(H,42,44). The Morgan fingerprint density at radius 1 is 0.521 bits per heavy atom. The highest BCUT2D eigenvalue weighted by molar-refractivity contribution is 6.11. The van der Waals surface area contributed by atoms with Gasteiger partial charge in [0.15, 0.2) is 0 Å². The minimum atomic E-state index is -0.344. The summed E-state index contributed by atoms with van der Waals surface area (Å²) in [5.74, 6) is -0.245. The quantitative estimate of drug-likeness (QED) is 0.127. The Labute approximate surface area is 280 Å². The van der Waals surface area contributed by atoms with Crippen molar-refractivity contribution in [2.24, 2.45) is 11.8 Å². The SMILES string of the molecule is CCOc1ccc(NC(=O)c2ccccc2NC(=O)C2CCC(C(=O)Nc3ccccc3C(=O)Nc3ccc(OCC)cc3)CC2)cc1. The van der Waals surface area contributed by atoms with Crippen LogP contribution in [0.3, 0.4) is 0 Å². The summed E-state index contributed by atoms with van der Waals surface area (Å²) in [5.41, 5.74) is 2.75. The summed E-state index contributed by atoms with van der Waals surface area (Å²) in [4.78, 5) is 52.7. The third-order valence-electron chi connectivity index (χ3n) is 8.17. The molecule has 10 nitrogen and oxygen atoms in total. The van der Waals surface area contributed by atoms with Crippen LogP contribution >= 0.6 is 0 Å². The predicted octanol–water partition coefficient (Wildman–Crippen LogP) is 7.37. The van der Waals surface area contributed by atoms with Gasteiger partial charge >= 0.3 is 0 Å². The number of rotatable bonds is 12. The molecule has 0 spiro atoms. The highest BCUT2D eigenvalue weighted by Gasteiger charge is 2.31. The van der Waals surface area contributed by atoms with Crippen molar-refractivity contribution in [3.63, 3.8) is 0 Å². The van der Waals surface area contributed by atoms with E-state index in [4.69, 9.17) is 9.47 Å². The molecule has 10 heteroatoms. The number of hydrogen-bond acceptors (Lipinski definition) is 6. The summed E-state index contributed by atoms with van der Waals surface area (Å²) >= 11 is 0. The second kappa shape index (κ2) is 16.3. The molecule has 1 aliphatic carbocycles. The summed E-state index contributed by atoms with van der Waals surface area (Å²) in [6.45, 7) is 4.91. The highest BCUT2D eigenvalue weighted by atomic mass is 16.5. The summed E-state index contributed by atoms with van der Waals surface area (Å²) < 4.78 is 10.9. The van der Waals surface area contributed by atoms with Crippen LogP contribution < -0.4 is 30.7 Å². The van der Waals surface area contributed by atoms with Crippen LogP contribution in [0.2, 0.25) is 0 Å². The van der Waals surface area contributed by atoms with Crippen LogP contribution in [0.25, 0.3) is 0 Å². The summed E-state index contributed by atoms with van der Waals surface area (Å²) in [5, 5.41) is 11.6. The molecule has 1 saturated carbocycles. The maximum atomic E-state index is 13.3. The van der Waals surface area contributed by atoms with Gasteiger partial charge in [-0.25, -0.2) is 0 Å². The van der Waals surface area contributed by atoms with Crippen LogP contribution in [-0.2, 0) is 9.59 Å². The van der Waals surface area contributed by atoms with E-state index in [0.29, 0.717) is 84.3 Å². The van der Waals surface area contributed by atoms with Gasteiger partial charge < -0.3 is 30.7 Å². The minimum absolute atomic E-state index is 0.188. The summed E-state index contributed by atoms with van der Waals surface area (Å²) in [6.07, 6.45) is 2.07. The van der Waals surface area contributed by atoms with E-state index in [1.807, 2.05) is 13.8 Å². The summed E-state index contributed by atoms with van der Waals surface area (Å²) in [6, 6.07) is 27.9. The van der Waals surface area contributed by atoms with E-state index >= 15 is 0 Å². The third-order valence-corrected chi connectivity index (χ3v) is 8.17. The second-order valence-corrected chi connectivity index (χ2v) is 11.4. The Morgan fingerprint density at radius 2 is 0.875 bits per heavy atom. The van der Waals surface area contributed by atoms with Crippen LogP contribution in [0.15, 0.2) is 97.1 Å². The molecule has 248 valence electrons. The molecule has 0 atom stereocenters. The zero-order valence-corrected chi connectivity index (χ0v) is 27.1. The van der Waals surface area contributed by atoms with Crippen molar-refractivity contribution in [1.29, 1.82) is 0 Å². The molecule has 48 heavy (non-hydrogen) atoms. The lowest BCUT2D eigenvalue weighted by Gasteiger charge is -2.27. The molecule has 4 aromatic rings. The molecule has 5 rings (SSSR count). The fourth-order valence-corrected chi connectivity index (χ4v) is 5.67. The molecule has 0 heterocycles. The Morgan fingerprint density at radius 3 is 1.23 bits per heavy atom. The first-order valence-electron chi connectivity index (χ1n) is 16.2. The largest absolute Gasteiger partial charge is 0.494 e. The van der Waals surface area contributed by atoms with Crippen LogP contribution in [0.5, 0.6) is 11.5 Å². The van der Waals surface area contributed by atoms with Crippen LogP contribution in [-0.4, -0.2) is 36.8 Å². The normalized spacial score (nSPS) is 15.5. The number of hydrogen-bond donors (Lipinski definition) is 4. The van der Waals surface area contributed by atoms with Crippen LogP contribution in [0, 0.1) is 11.8 Å². The Hall–Kier alpha value is -5.64. The first-order valence-corrected chi connectivity index (χ1v) is 16.2. The lowest BCUT2D eigenvalue weighted by Crippen LogP contribution is -2.32. The van der Waals surface area contributed by atoms with Gasteiger partial charge in [0.25, 0.3) is 11.8 Å². The van der Waals surface area contributed by atoms with Gasteiger partial charge in [0, 0.05) is 23.2 Å². The molecule has 4 aromatic carbocycles. The third kappa shape index (κ3) is 8.79. The highest BCUT2D eigenvalue weighted by Crippen LogP contribution is 2.32. The Kier molecular flexibility index (Phi) is 11.4. The number of amides is 4. The lowest BCUT2D eigenvalue weighted by molar-refractivity contribution is -0.125. The molecule has 4 amide bonds. The van der Waals surface area contributed by atoms with Gasteiger partial charge in [0.1, 0.15) is 11.5 Å². The van der Waals surface area contributed by atoms with E-state index in [1.165, 1.54) is 0 Å². The van der Waals surface area contributed by atoms with Crippen molar-refractivity contribution in [2.45, 2.75) is 39.5 Å². The molecule has 0 unspecified atom stereocenters. The average molecular weight is 649 g/mol. The fourth-order valence-electron chi connectivity index (χ4n) is 5.67. The first kappa shape index (κ1) is 33.7. The van der Waals surface area contributed by atoms with Gasteiger partial charge in [-0.2, -0.15) is 0 Å². The zero-order valence-electron chi connectivity index (χ0n) is 27.1. The van der Waals surface area contributed by atoms with E-state index < -0.39 is 0 Å². The van der Waals surface area contributed by atoms with Crippen molar-refractivity contribution in [1.82, 2.24) is 0 Å². The maximum Gasteiger partial charge on any atom is 0.257 e. The number of ether oxygens (including phenoxy) is 2. The lowest BCUT2D eigenvalue weighted by atomic mass is 9.81. The smallest absolute Gasteiger partial charge is 0.257 e. The first-order chi connectivity index (χ1) is 23.3. The van der Waals surface area contributed by atoms with Crippen molar-refractivity contribution in [3.05, 3.63) is 108 Å². The molecular formula is C38H40N4O6. The topological polar surface area (TPSA) is 135 Å². The average Bonchev–Trinajstić information content (AvgIpc) is 3.10. The van der Waals surface area contributed by atoms with Gasteiger partial charge in [0.05, 0.1) is 35.7 Å². The predicted molar refractivity (Wildman–Crippen MR) is 187 cm³/mol. The number of nitrogens with one attached hydrogen (secondary N) is 4. The van der Waals surface area contributed by atoms with Crippen LogP contribution in [0.1, 0.15) is 60.2 Å². The minimum Gasteiger partial charge on any atom is -0.494 e. The number of carbonyl (C=O) groups excluding carboxylic acids is 4. The molecule has 1 aliphatic rings. The molecular weight excluding hydrogens is 608 g/mol. The number of para-hydroxylation sites is 2. The Bertz CT molecular complexity index is 1600. The van der Waals surface area contributed by atoms with E-state index in [0.717, 1.165) is 0 Å². The van der Waals surface area contributed by atoms with Crippen molar-refractivity contribution in [3.8, 4) is 11.5 Å². The van der Waals surface area contributed by atoms with Crippen molar-refractivity contribution >= 4 is 46.4 Å². The van der Waals surface area contributed by atoms with Gasteiger partial charge in [-0.1, -0.05) is 24.3 Å². The summed E-state index contributed by atoms with van der Waals surface area (Å²) in [7, 11) is 0. The van der Waals surface area contributed by atoms with E-state index in [-0.39, 0.29) is 35.5 Å². The van der Waals surface area contributed by atoms with Gasteiger partial charge in [0.2, 0.25) is 11.8 Å². The van der Waals surface area contributed by atoms with Gasteiger partial charge in [-0.05, 0) is 112 Å². The number of benzene rings is 4. The molecule has 1 fully saturated rings. The molecule has 0 saturated heterocycles. The monoisotopic (exact) mass is 648 g/mol. The van der Waals surface area contributed by atoms with Crippen molar-refractivity contribution in [2.75, 3.05) is 34.5 Å². The Balaban J connectivity index is 1.14. The number of carbonyl (C=O) groups is 4. The maximum absolute atomic E-state index is 13.3. The zero-order chi connectivity index (χ0) is 33.9. The number of anilines is 4. The molecule has 0 bridgehead atoms. The molecule has 0 aliphatic heterocycles. The van der Waals surface area contributed by atoms with E-state index in [2.05, 4.69) is 21.3 Å². The van der Waals surface area contributed by atoms with Crippen LogP contribution in [0.4, 0.5) is 22.7 Å². The molecule has 4 N–H and O–H groups in total. The molecule has 0 aromatic heterocycles. The van der Waals surface area contributed by atoms with E-state index in [1.54, 1.807) is 97.1 Å².